The molecule has 0 aliphatic heterocycles. The highest BCUT2D eigenvalue weighted by Gasteiger charge is 2.61. The average molecular weight is 488 g/mol. The van der Waals surface area contributed by atoms with Gasteiger partial charge in [-0.05, 0) is 96.8 Å². The standard InChI is InChI=1S/C26H33NO4S2/c1-25-12-10-19-20(22(25)11-13-26(25,28)16-17-6-4-3-5-7-17)9-8-18-14-23(31-33(27,29)30)24(32-2)15-21(18)19/h3-7,14-15,19-20,22,28H,8-13,16H2,1-2H3,(H2,27,29,30)/t19-,20+,22-,25-,26+/m0/s1. The number of fused-ring (bicyclic) bond motifs is 5. The van der Waals surface area contributed by atoms with Crippen molar-refractivity contribution in [2.45, 2.75) is 68.3 Å². The SMILES string of the molecule is CSc1cc2c(cc1OS(N)(=O)=O)CC[C@@H]1[C@@H]2CC[C@@]2(C)[C@H]1CC[C@@]2(O)Cc1ccccc1. The molecule has 3 aliphatic rings. The van der Waals surface area contributed by atoms with Crippen molar-refractivity contribution in [3.8, 4) is 5.75 Å². The first-order chi connectivity index (χ1) is 15.6. The highest BCUT2D eigenvalue weighted by molar-refractivity contribution is 7.98. The maximum Gasteiger partial charge on any atom is 0.380 e. The summed E-state index contributed by atoms with van der Waals surface area (Å²) in [5, 5.41) is 17.1. The lowest BCUT2D eigenvalue weighted by atomic mass is 9.53. The van der Waals surface area contributed by atoms with Crippen LogP contribution < -0.4 is 9.32 Å². The van der Waals surface area contributed by atoms with E-state index in [0.717, 1.165) is 49.8 Å². The molecule has 5 rings (SSSR count). The number of rotatable bonds is 5. The van der Waals surface area contributed by atoms with Crippen LogP contribution in [0.15, 0.2) is 47.4 Å². The van der Waals surface area contributed by atoms with Gasteiger partial charge >= 0.3 is 10.3 Å². The van der Waals surface area contributed by atoms with E-state index in [0.29, 0.717) is 23.5 Å². The monoisotopic (exact) mass is 487 g/mol. The number of aliphatic hydroxyl groups is 1. The van der Waals surface area contributed by atoms with Crippen LogP contribution in [-0.4, -0.2) is 25.4 Å². The van der Waals surface area contributed by atoms with E-state index in [4.69, 9.17) is 9.32 Å². The quantitative estimate of drug-likeness (QED) is 0.590. The molecule has 2 aromatic rings. The summed E-state index contributed by atoms with van der Waals surface area (Å²) >= 11 is 1.48. The molecule has 0 aromatic heterocycles. The summed E-state index contributed by atoms with van der Waals surface area (Å²) in [6, 6.07) is 14.4. The predicted octanol–water partition coefficient (Wildman–Crippen LogP) is 4.82. The Morgan fingerprint density at radius 2 is 1.91 bits per heavy atom. The minimum absolute atomic E-state index is 0.0828. The van der Waals surface area contributed by atoms with Crippen LogP contribution in [0.1, 0.15) is 61.6 Å². The molecule has 2 fully saturated rings. The molecule has 5 nitrogen and oxygen atoms in total. The topological polar surface area (TPSA) is 89.6 Å². The van der Waals surface area contributed by atoms with Crippen molar-refractivity contribution in [3.63, 3.8) is 0 Å². The zero-order valence-corrected chi connectivity index (χ0v) is 20.9. The van der Waals surface area contributed by atoms with E-state index in [9.17, 15) is 13.5 Å². The number of thioether (sulfide) groups is 1. The number of aryl methyl sites for hydroxylation is 1. The predicted molar refractivity (Wildman–Crippen MR) is 132 cm³/mol. The summed E-state index contributed by atoms with van der Waals surface area (Å²) in [5.74, 6) is 1.82. The van der Waals surface area contributed by atoms with Gasteiger partial charge in [0.2, 0.25) is 0 Å². The van der Waals surface area contributed by atoms with E-state index < -0.39 is 15.9 Å². The third-order valence-electron chi connectivity index (χ3n) is 8.88. The van der Waals surface area contributed by atoms with Gasteiger partial charge in [-0.2, -0.15) is 13.6 Å². The van der Waals surface area contributed by atoms with Crippen LogP contribution >= 0.6 is 11.8 Å². The van der Waals surface area contributed by atoms with Gasteiger partial charge in [0.25, 0.3) is 0 Å². The Kier molecular flexibility index (Phi) is 5.83. The highest BCUT2D eigenvalue weighted by atomic mass is 32.2. The van der Waals surface area contributed by atoms with E-state index in [2.05, 4.69) is 37.3 Å². The molecule has 0 amide bonds. The molecular weight excluding hydrogens is 454 g/mol. The number of hydrogen-bond acceptors (Lipinski definition) is 5. The third kappa shape index (κ3) is 4.01. The van der Waals surface area contributed by atoms with Crippen molar-refractivity contribution in [3.05, 3.63) is 59.2 Å². The van der Waals surface area contributed by atoms with Crippen LogP contribution in [-0.2, 0) is 23.1 Å². The van der Waals surface area contributed by atoms with Crippen LogP contribution in [0.2, 0.25) is 0 Å². The van der Waals surface area contributed by atoms with Gasteiger partial charge < -0.3 is 9.29 Å². The van der Waals surface area contributed by atoms with Crippen molar-refractivity contribution >= 4 is 22.1 Å². The van der Waals surface area contributed by atoms with E-state index in [1.165, 1.54) is 28.5 Å². The second kappa shape index (κ2) is 8.29. The van der Waals surface area contributed by atoms with Gasteiger partial charge in [0.15, 0.2) is 5.75 Å². The number of nitrogens with two attached hydrogens (primary N) is 1. The van der Waals surface area contributed by atoms with Crippen LogP contribution in [0.4, 0.5) is 0 Å². The van der Waals surface area contributed by atoms with Gasteiger partial charge in [0.05, 0.1) is 10.5 Å². The largest absolute Gasteiger partial charge is 0.389 e. The zero-order chi connectivity index (χ0) is 23.4. The molecule has 2 saturated carbocycles. The summed E-state index contributed by atoms with van der Waals surface area (Å²) in [7, 11) is -4.06. The fraction of sp³-hybridized carbons (Fsp3) is 0.538. The molecule has 0 radical (unpaired) electrons. The lowest BCUT2D eigenvalue weighted by Gasteiger charge is -2.53. The van der Waals surface area contributed by atoms with Gasteiger partial charge in [0, 0.05) is 6.42 Å². The van der Waals surface area contributed by atoms with Crippen LogP contribution in [0.25, 0.3) is 0 Å². The van der Waals surface area contributed by atoms with Gasteiger partial charge in [-0.25, -0.2) is 0 Å². The highest BCUT2D eigenvalue weighted by Crippen LogP contribution is 2.65. The second-order valence-corrected chi connectivity index (χ2v) is 12.4. The Bertz CT molecular complexity index is 1150. The Hall–Kier alpha value is -1.54. The van der Waals surface area contributed by atoms with Crippen molar-refractivity contribution in [1.29, 1.82) is 0 Å². The summed E-state index contributed by atoms with van der Waals surface area (Å²) in [6.07, 6.45) is 8.59. The maximum atomic E-state index is 11.9. The molecule has 3 aliphatic carbocycles. The molecule has 0 heterocycles. The molecule has 0 bridgehead atoms. The van der Waals surface area contributed by atoms with E-state index in [1.807, 2.05) is 18.4 Å². The first kappa shape index (κ1) is 23.2. The lowest BCUT2D eigenvalue weighted by Crippen LogP contribution is -2.51. The van der Waals surface area contributed by atoms with Gasteiger partial charge in [-0.1, -0.05) is 37.3 Å². The molecule has 33 heavy (non-hydrogen) atoms. The van der Waals surface area contributed by atoms with Gasteiger partial charge in [0.1, 0.15) is 0 Å². The van der Waals surface area contributed by atoms with Crippen molar-refractivity contribution < 1.29 is 17.7 Å². The molecule has 5 atom stereocenters. The Balaban J connectivity index is 1.45. The molecule has 7 heteroatoms. The fourth-order valence-electron chi connectivity index (χ4n) is 7.26. The fourth-order valence-corrected chi connectivity index (χ4v) is 8.25. The van der Waals surface area contributed by atoms with Gasteiger partial charge in [-0.3, -0.25) is 0 Å². The first-order valence-electron chi connectivity index (χ1n) is 11.8. The molecule has 0 spiro atoms. The normalized spacial score (nSPS) is 33.2. The molecule has 0 unspecified atom stereocenters. The minimum atomic E-state index is -4.06. The van der Waals surface area contributed by atoms with Crippen LogP contribution in [0.3, 0.4) is 0 Å². The molecule has 178 valence electrons. The van der Waals surface area contributed by atoms with E-state index in [1.54, 1.807) is 0 Å². The molecule has 3 N–H and O–H groups in total. The van der Waals surface area contributed by atoms with Crippen LogP contribution in [0, 0.1) is 17.3 Å². The minimum Gasteiger partial charge on any atom is -0.389 e. The second-order valence-electron chi connectivity index (χ2n) is 10.4. The van der Waals surface area contributed by atoms with Gasteiger partial charge in [-0.15, -0.1) is 11.8 Å². The first-order valence-corrected chi connectivity index (χ1v) is 14.5. The van der Waals surface area contributed by atoms with Crippen molar-refractivity contribution in [2.75, 3.05) is 6.26 Å². The van der Waals surface area contributed by atoms with Crippen LogP contribution in [0.5, 0.6) is 5.75 Å². The average Bonchev–Trinajstić information content (AvgIpc) is 3.03. The molecule has 0 saturated heterocycles. The number of benzene rings is 2. The third-order valence-corrected chi connectivity index (χ3v) is 10.0. The Morgan fingerprint density at radius 1 is 1.15 bits per heavy atom. The summed E-state index contributed by atoms with van der Waals surface area (Å²) in [6.45, 7) is 2.33. The Labute approximate surface area is 201 Å². The Morgan fingerprint density at radius 3 is 2.61 bits per heavy atom. The zero-order valence-electron chi connectivity index (χ0n) is 19.3. The van der Waals surface area contributed by atoms with Crippen molar-refractivity contribution in [2.24, 2.45) is 22.4 Å². The molecule has 2 aromatic carbocycles. The summed E-state index contributed by atoms with van der Waals surface area (Å²) < 4.78 is 28.2. The molecular formula is C26H33NO4S2. The lowest BCUT2D eigenvalue weighted by molar-refractivity contribution is -0.102. The number of hydrogen-bond donors (Lipinski definition) is 2. The summed E-state index contributed by atoms with van der Waals surface area (Å²) in [5.41, 5.74) is 2.97. The smallest absolute Gasteiger partial charge is 0.380 e. The summed E-state index contributed by atoms with van der Waals surface area (Å²) in [4.78, 5) is 0.809. The van der Waals surface area contributed by atoms with Crippen molar-refractivity contribution in [1.82, 2.24) is 0 Å². The van der Waals surface area contributed by atoms with E-state index in [-0.39, 0.29) is 5.41 Å². The maximum absolute atomic E-state index is 11.9. The van der Waals surface area contributed by atoms with E-state index >= 15 is 0 Å².